The van der Waals surface area contributed by atoms with E-state index in [0.29, 0.717) is 23.1 Å². The predicted molar refractivity (Wildman–Crippen MR) is 121 cm³/mol. The molecule has 0 saturated carbocycles. The molecule has 2 N–H and O–H groups in total. The van der Waals surface area contributed by atoms with Gasteiger partial charge >= 0.3 is 0 Å². The highest BCUT2D eigenvalue weighted by molar-refractivity contribution is 9.10. The van der Waals surface area contributed by atoms with Gasteiger partial charge in [0.25, 0.3) is 11.1 Å². The minimum atomic E-state index is -0.278. The van der Waals surface area contributed by atoms with Crippen molar-refractivity contribution >= 4 is 62.2 Å². The number of hydrogen-bond donors (Lipinski definition) is 2. The predicted octanol–water partition coefficient (Wildman–Crippen LogP) is 4.15. The number of imide groups is 1. The average Bonchev–Trinajstić information content (AvgIpc) is 2.94. The molecule has 0 spiro atoms. The fourth-order valence-corrected chi connectivity index (χ4v) is 4.02. The first-order chi connectivity index (χ1) is 13.5. The molecule has 28 heavy (non-hydrogen) atoms. The number of amides is 2. The summed E-state index contributed by atoms with van der Waals surface area (Å²) in [5.41, 5.74) is 1.99. The highest BCUT2D eigenvalue weighted by Crippen LogP contribution is 2.32. The molecular formula is C20H18BrN3O2S2. The Morgan fingerprint density at radius 2 is 1.89 bits per heavy atom. The second-order valence-electron chi connectivity index (χ2n) is 5.98. The number of hydrogen-bond acceptors (Lipinski definition) is 4. The summed E-state index contributed by atoms with van der Waals surface area (Å²) < 4.78 is 0.918. The first-order valence-corrected chi connectivity index (χ1v) is 10.6. The van der Waals surface area contributed by atoms with Crippen molar-refractivity contribution in [2.75, 3.05) is 13.1 Å². The van der Waals surface area contributed by atoms with E-state index in [1.165, 1.54) is 4.90 Å². The summed E-state index contributed by atoms with van der Waals surface area (Å²) in [5.74, 6) is -0.278. The largest absolute Gasteiger partial charge is 0.361 e. The lowest BCUT2D eigenvalue weighted by molar-refractivity contribution is -0.122. The highest BCUT2D eigenvalue weighted by Gasteiger charge is 2.34. The van der Waals surface area contributed by atoms with Crippen LogP contribution < -0.4 is 10.6 Å². The third kappa shape index (κ3) is 5.67. The number of thiocarbonyl (C=S) groups is 1. The van der Waals surface area contributed by atoms with Crippen LogP contribution in [0.4, 0.5) is 4.79 Å². The first-order valence-electron chi connectivity index (χ1n) is 8.59. The molecule has 3 rings (SSSR count). The van der Waals surface area contributed by atoms with E-state index >= 15 is 0 Å². The van der Waals surface area contributed by atoms with Gasteiger partial charge in [-0.05, 0) is 53.3 Å². The molecule has 1 saturated heterocycles. The number of thioether (sulfide) groups is 1. The van der Waals surface area contributed by atoms with Crippen molar-refractivity contribution in [3.05, 3.63) is 75.1 Å². The smallest absolute Gasteiger partial charge is 0.293 e. The van der Waals surface area contributed by atoms with Gasteiger partial charge in [0.05, 0.1) is 4.91 Å². The Labute approximate surface area is 181 Å². The van der Waals surface area contributed by atoms with Crippen LogP contribution in [0.1, 0.15) is 11.1 Å². The standard InChI is InChI=1S/C20H18BrN3O2S2/c21-16-8-4-7-15(11-16)12-17-18(25)24(20(26)28-17)10-9-22-19(27)23-13-14-5-2-1-3-6-14/h1-8,11-12H,9-10,13H2,(H2,22,23,27)/b17-12-. The summed E-state index contributed by atoms with van der Waals surface area (Å²) in [6.07, 6.45) is 1.73. The third-order valence-corrected chi connectivity index (χ3v) is 5.63. The van der Waals surface area contributed by atoms with Gasteiger partial charge in [0, 0.05) is 24.1 Å². The molecule has 1 aliphatic rings. The van der Waals surface area contributed by atoms with Crippen molar-refractivity contribution in [1.82, 2.24) is 15.5 Å². The summed E-state index contributed by atoms with van der Waals surface area (Å²) in [7, 11) is 0. The lowest BCUT2D eigenvalue weighted by atomic mass is 10.2. The molecule has 1 heterocycles. The number of rotatable bonds is 6. The molecule has 2 aromatic rings. The van der Waals surface area contributed by atoms with Crippen molar-refractivity contribution in [3.63, 3.8) is 0 Å². The van der Waals surface area contributed by atoms with Crippen molar-refractivity contribution in [2.24, 2.45) is 0 Å². The van der Waals surface area contributed by atoms with Crippen LogP contribution in [0.25, 0.3) is 6.08 Å². The Balaban J connectivity index is 1.48. The SMILES string of the molecule is O=C1S/C(=C\c2cccc(Br)c2)C(=O)N1CCNC(=S)NCc1ccccc1. The summed E-state index contributed by atoms with van der Waals surface area (Å²) in [5, 5.41) is 6.36. The molecule has 1 fully saturated rings. The monoisotopic (exact) mass is 475 g/mol. The van der Waals surface area contributed by atoms with Gasteiger partial charge in [0.1, 0.15) is 0 Å². The van der Waals surface area contributed by atoms with E-state index in [9.17, 15) is 9.59 Å². The molecule has 2 aromatic carbocycles. The van der Waals surface area contributed by atoms with Gasteiger partial charge in [-0.2, -0.15) is 0 Å². The van der Waals surface area contributed by atoms with Gasteiger partial charge in [0.2, 0.25) is 0 Å². The zero-order valence-corrected chi connectivity index (χ0v) is 18.1. The van der Waals surface area contributed by atoms with Crippen LogP contribution >= 0.6 is 39.9 Å². The number of nitrogens with one attached hydrogen (secondary N) is 2. The van der Waals surface area contributed by atoms with Crippen molar-refractivity contribution in [2.45, 2.75) is 6.54 Å². The Kier molecular flexibility index (Phi) is 7.24. The molecule has 5 nitrogen and oxygen atoms in total. The quantitative estimate of drug-likeness (QED) is 0.483. The van der Waals surface area contributed by atoms with E-state index < -0.39 is 0 Å². The molecule has 0 aromatic heterocycles. The minimum absolute atomic E-state index is 0.258. The summed E-state index contributed by atoms with van der Waals surface area (Å²) in [6, 6.07) is 17.5. The molecule has 8 heteroatoms. The van der Waals surface area contributed by atoms with Crippen LogP contribution in [0.5, 0.6) is 0 Å². The maximum absolute atomic E-state index is 12.5. The van der Waals surface area contributed by atoms with Crippen molar-refractivity contribution < 1.29 is 9.59 Å². The fraction of sp³-hybridized carbons (Fsp3) is 0.150. The van der Waals surface area contributed by atoms with Crippen LogP contribution in [-0.2, 0) is 11.3 Å². The number of carbonyl (C=O) groups is 2. The molecule has 0 unspecified atom stereocenters. The highest BCUT2D eigenvalue weighted by atomic mass is 79.9. The Morgan fingerprint density at radius 3 is 2.64 bits per heavy atom. The summed E-state index contributed by atoms with van der Waals surface area (Å²) in [6.45, 7) is 1.26. The molecule has 144 valence electrons. The van der Waals surface area contributed by atoms with Gasteiger partial charge in [-0.25, -0.2) is 0 Å². The van der Waals surface area contributed by atoms with Crippen molar-refractivity contribution in [1.29, 1.82) is 0 Å². The van der Waals surface area contributed by atoms with E-state index in [1.807, 2.05) is 54.6 Å². The van der Waals surface area contributed by atoms with Crippen LogP contribution in [-0.4, -0.2) is 34.2 Å². The molecule has 1 aliphatic heterocycles. The second kappa shape index (κ2) is 9.86. The number of carbonyl (C=O) groups excluding carboxylic acids is 2. The maximum atomic E-state index is 12.5. The topological polar surface area (TPSA) is 61.4 Å². The van der Waals surface area contributed by atoms with Crippen LogP contribution in [0.15, 0.2) is 64.0 Å². The Hall–Kier alpha value is -2.16. The Bertz CT molecular complexity index is 919. The van der Waals surface area contributed by atoms with Gasteiger partial charge in [-0.1, -0.05) is 58.4 Å². The lowest BCUT2D eigenvalue weighted by Gasteiger charge is -2.15. The van der Waals surface area contributed by atoms with E-state index in [1.54, 1.807) is 6.08 Å². The zero-order chi connectivity index (χ0) is 19.9. The van der Waals surface area contributed by atoms with E-state index in [-0.39, 0.29) is 17.7 Å². The minimum Gasteiger partial charge on any atom is -0.361 e. The Morgan fingerprint density at radius 1 is 1.11 bits per heavy atom. The van der Waals surface area contributed by atoms with Gasteiger partial charge < -0.3 is 10.6 Å². The molecule has 0 radical (unpaired) electrons. The summed E-state index contributed by atoms with van der Waals surface area (Å²) in [4.78, 5) is 26.4. The zero-order valence-electron chi connectivity index (χ0n) is 14.9. The number of benzene rings is 2. The number of halogens is 1. The second-order valence-corrected chi connectivity index (χ2v) is 8.30. The molecule has 2 amide bonds. The van der Waals surface area contributed by atoms with Gasteiger partial charge in [-0.15, -0.1) is 0 Å². The van der Waals surface area contributed by atoms with Crippen molar-refractivity contribution in [3.8, 4) is 0 Å². The molecule has 0 atom stereocenters. The lowest BCUT2D eigenvalue weighted by Crippen LogP contribution is -2.41. The van der Waals surface area contributed by atoms with E-state index in [0.717, 1.165) is 27.4 Å². The third-order valence-electron chi connectivity index (χ3n) is 3.94. The normalized spacial score (nSPS) is 15.2. The molecule has 0 aliphatic carbocycles. The van der Waals surface area contributed by atoms with Crippen LogP contribution in [0.2, 0.25) is 0 Å². The maximum Gasteiger partial charge on any atom is 0.293 e. The average molecular weight is 476 g/mol. The van der Waals surface area contributed by atoms with Gasteiger partial charge in [0.15, 0.2) is 5.11 Å². The first kappa shape index (κ1) is 20.6. The number of nitrogens with zero attached hydrogens (tertiary/aromatic N) is 1. The van der Waals surface area contributed by atoms with E-state index in [4.69, 9.17) is 12.2 Å². The summed E-state index contributed by atoms with van der Waals surface area (Å²) >= 11 is 9.60. The van der Waals surface area contributed by atoms with Gasteiger partial charge in [-0.3, -0.25) is 14.5 Å². The van der Waals surface area contributed by atoms with Crippen LogP contribution in [0, 0.1) is 0 Å². The molecular weight excluding hydrogens is 458 g/mol. The van der Waals surface area contributed by atoms with E-state index in [2.05, 4.69) is 26.6 Å². The molecule has 0 bridgehead atoms. The van der Waals surface area contributed by atoms with Crippen LogP contribution in [0.3, 0.4) is 0 Å². The fourth-order valence-electron chi connectivity index (χ4n) is 2.56.